The van der Waals surface area contributed by atoms with Gasteiger partial charge in [-0.15, -0.1) is 0 Å². The molecule has 0 radical (unpaired) electrons. The second kappa shape index (κ2) is 8.45. The number of aliphatic hydroxyl groups excluding tert-OH is 1. The highest BCUT2D eigenvalue weighted by Gasteiger charge is 2.24. The van der Waals surface area contributed by atoms with E-state index in [0.717, 1.165) is 12.0 Å². The van der Waals surface area contributed by atoms with Gasteiger partial charge in [-0.1, -0.05) is 25.1 Å². The molecule has 0 amide bonds. The standard InChI is InChI=1S/C24H21FN2O3S/c1-2-16-3-10-20(11-4-16)31(29,30)23-14-26-22-12-5-17(15-28)13-21(22)24(23)27-19-8-6-18(25)7-9-19/h3-14,28H,2,15H2,1H3,(H,26,27). The first-order valence-electron chi connectivity index (χ1n) is 9.81. The SMILES string of the molecule is CCc1ccc(S(=O)(=O)c2cnc3ccc(CO)cc3c2Nc2ccc(F)cc2)cc1. The molecular formula is C24H21FN2O3S. The topological polar surface area (TPSA) is 79.3 Å². The van der Waals surface area contributed by atoms with Gasteiger partial charge in [0.05, 0.1) is 22.7 Å². The maximum absolute atomic E-state index is 13.5. The number of fused-ring (bicyclic) bond motifs is 1. The largest absolute Gasteiger partial charge is 0.392 e. The summed E-state index contributed by atoms with van der Waals surface area (Å²) in [7, 11) is -3.90. The van der Waals surface area contributed by atoms with Crippen molar-refractivity contribution in [2.24, 2.45) is 0 Å². The summed E-state index contributed by atoms with van der Waals surface area (Å²) in [6.45, 7) is 1.81. The zero-order chi connectivity index (χ0) is 22.0. The Balaban J connectivity index is 1.93. The molecule has 0 aliphatic rings. The van der Waals surface area contributed by atoms with E-state index in [1.54, 1.807) is 42.5 Å². The van der Waals surface area contributed by atoms with Crippen molar-refractivity contribution in [3.8, 4) is 0 Å². The van der Waals surface area contributed by atoms with Crippen LogP contribution in [0.3, 0.4) is 0 Å². The van der Waals surface area contributed by atoms with Gasteiger partial charge in [0.25, 0.3) is 0 Å². The summed E-state index contributed by atoms with van der Waals surface area (Å²) in [5.74, 6) is -0.392. The highest BCUT2D eigenvalue weighted by atomic mass is 32.2. The van der Waals surface area contributed by atoms with Gasteiger partial charge in [-0.2, -0.15) is 0 Å². The lowest BCUT2D eigenvalue weighted by Gasteiger charge is -2.16. The molecular weight excluding hydrogens is 415 g/mol. The number of aliphatic hydroxyl groups is 1. The quantitative estimate of drug-likeness (QED) is 0.444. The van der Waals surface area contributed by atoms with Crippen LogP contribution >= 0.6 is 0 Å². The first kappa shape index (κ1) is 21.0. The number of hydrogen-bond acceptors (Lipinski definition) is 5. The molecule has 4 aromatic rings. The van der Waals surface area contributed by atoms with Gasteiger partial charge in [-0.3, -0.25) is 4.98 Å². The van der Waals surface area contributed by atoms with Crippen LogP contribution in [-0.2, 0) is 22.9 Å². The first-order chi connectivity index (χ1) is 14.9. The monoisotopic (exact) mass is 436 g/mol. The number of aromatic nitrogens is 1. The Labute approximate surface area is 180 Å². The third-order valence-electron chi connectivity index (χ3n) is 5.13. The maximum atomic E-state index is 13.5. The van der Waals surface area contributed by atoms with E-state index in [9.17, 15) is 17.9 Å². The van der Waals surface area contributed by atoms with Crippen LogP contribution in [-0.4, -0.2) is 18.5 Å². The molecule has 158 valence electrons. The average molecular weight is 437 g/mol. The van der Waals surface area contributed by atoms with Crippen molar-refractivity contribution < 1.29 is 17.9 Å². The molecule has 0 spiro atoms. The number of nitrogens with one attached hydrogen (secondary N) is 1. The number of anilines is 2. The molecule has 3 aromatic carbocycles. The molecule has 5 nitrogen and oxygen atoms in total. The summed E-state index contributed by atoms with van der Waals surface area (Å²) in [5.41, 5.74) is 3.08. The first-order valence-corrected chi connectivity index (χ1v) is 11.3. The molecule has 0 aliphatic carbocycles. The van der Waals surface area contributed by atoms with Gasteiger partial charge < -0.3 is 10.4 Å². The fraction of sp³-hybridized carbons (Fsp3) is 0.125. The molecule has 2 N–H and O–H groups in total. The number of rotatable bonds is 6. The fourth-order valence-corrected chi connectivity index (χ4v) is 4.73. The van der Waals surface area contributed by atoms with Crippen LogP contribution in [0.4, 0.5) is 15.8 Å². The lowest BCUT2D eigenvalue weighted by Crippen LogP contribution is -2.08. The van der Waals surface area contributed by atoms with Crippen LogP contribution in [0.1, 0.15) is 18.1 Å². The molecule has 0 unspecified atom stereocenters. The van der Waals surface area contributed by atoms with Gasteiger partial charge in [0.15, 0.2) is 0 Å². The molecule has 1 aromatic heterocycles. The van der Waals surface area contributed by atoms with E-state index in [-0.39, 0.29) is 16.4 Å². The number of benzene rings is 3. The minimum absolute atomic E-state index is 0.00339. The van der Waals surface area contributed by atoms with E-state index in [1.165, 1.54) is 30.5 Å². The molecule has 0 bridgehead atoms. The van der Waals surface area contributed by atoms with E-state index in [4.69, 9.17) is 0 Å². The molecule has 0 fully saturated rings. The van der Waals surface area contributed by atoms with E-state index < -0.39 is 15.7 Å². The van der Waals surface area contributed by atoms with E-state index in [2.05, 4.69) is 10.3 Å². The van der Waals surface area contributed by atoms with Gasteiger partial charge >= 0.3 is 0 Å². The minimum Gasteiger partial charge on any atom is -0.392 e. The Morgan fingerprint density at radius 2 is 1.65 bits per heavy atom. The maximum Gasteiger partial charge on any atom is 0.210 e. The third kappa shape index (κ3) is 4.15. The summed E-state index contributed by atoms with van der Waals surface area (Å²) in [6, 6.07) is 17.6. The zero-order valence-corrected chi connectivity index (χ0v) is 17.7. The Kier molecular flexibility index (Phi) is 5.71. The highest BCUT2D eigenvalue weighted by Crippen LogP contribution is 2.35. The van der Waals surface area contributed by atoms with Crippen molar-refractivity contribution in [1.29, 1.82) is 0 Å². The number of hydrogen-bond donors (Lipinski definition) is 2. The predicted octanol–water partition coefficient (Wildman–Crippen LogP) is 5.01. The molecule has 7 heteroatoms. The van der Waals surface area contributed by atoms with Crippen LogP contribution in [0.2, 0.25) is 0 Å². The highest BCUT2D eigenvalue weighted by molar-refractivity contribution is 7.91. The minimum atomic E-state index is -3.90. The zero-order valence-electron chi connectivity index (χ0n) is 16.8. The second-order valence-corrected chi connectivity index (χ2v) is 9.06. The van der Waals surface area contributed by atoms with Gasteiger partial charge in [-0.05, 0) is 66.1 Å². The van der Waals surface area contributed by atoms with E-state index in [0.29, 0.717) is 27.8 Å². The lowest BCUT2D eigenvalue weighted by atomic mass is 10.1. The molecule has 31 heavy (non-hydrogen) atoms. The van der Waals surface area contributed by atoms with Crippen molar-refractivity contribution >= 4 is 32.1 Å². The lowest BCUT2D eigenvalue weighted by molar-refractivity contribution is 0.282. The average Bonchev–Trinajstić information content (AvgIpc) is 2.80. The van der Waals surface area contributed by atoms with Gasteiger partial charge in [0.2, 0.25) is 9.84 Å². The van der Waals surface area contributed by atoms with Crippen molar-refractivity contribution in [2.45, 2.75) is 29.7 Å². The molecule has 4 rings (SSSR count). The van der Waals surface area contributed by atoms with E-state index in [1.807, 2.05) is 6.92 Å². The molecule has 0 saturated heterocycles. The molecule has 0 aliphatic heterocycles. The van der Waals surface area contributed by atoms with Gasteiger partial charge in [0.1, 0.15) is 10.7 Å². The van der Waals surface area contributed by atoms with Crippen molar-refractivity contribution in [2.75, 3.05) is 5.32 Å². The van der Waals surface area contributed by atoms with Gasteiger partial charge in [0, 0.05) is 17.3 Å². The van der Waals surface area contributed by atoms with Crippen LogP contribution in [0.15, 0.2) is 82.7 Å². The number of pyridine rings is 1. The number of nitrogens with zero attached hydrogens (tertiary/aromatic N) is 1. The smallest absolute Gasteiger partial charge is 0.210 e. The predicted molar refractivity (Wildman–Crippen MR) is 119 cm³/mol. The molecule has 0 saturated carbocycles. The summed E-state index contributed by atoms with van der Waals surface area (Å²) in [5, 5.41) is 13.2. The van der Waals surface area contributed by atoms with Crippen LogP contribution in [0.25, 0.3) is 10.9 Å². The van der Waals surface area contributed by atoms with Gasteiger partial charge in [-0.25, -0.2) is 12.8 Å². The van der Waals surface area contributed by atoms with Crippen molar-refractivity contribution in [3.05, 3.63) is 89.9 Å². The molecule has 0 atom stereocenters. The Morgan fingerprint density at radius 3 is 2.29 bits per heavy atom. The van der Waals surface area contributed by atoms with Crippen molar-refractivity contribution in [3.63, 3.8) is 0 Å². The van der Waals surface area contributed by atoms with Crippen LogP contribution in [0, 0.1) is 5.82 Å². The summed E-state index contributed by atoms with van der Waals surface area (Å²) >= 11 is 0. The summed E-state index contributed by atoms with van der Waals surface area (Å²) < 4.78 is 40.4. The fourth-order valence-electron chi connectivity index (χ4n) is 3.36. The number of sulfone groups is 1. The Morgan fingerprint density at radius 1 is 0.968 bits per heavy atom. The normalized spacial score (nSPS) is 11.6. The Hall–Kier alpha value is -3.29. The second-order valence-electron chi connectivity index (χ2n) is 7.14. The van der Waals surface area contributed by atoms with Crippen LogP contribution in [0.5, 0.6) is 0 Å². The van der Waals surface area contributed by atoms with E-state index >= 15 is 0 Å². The third-order valence-corrected chi connectivity index (χ3v) is 6.91. The number of aryl methyl sites for hydroxylation is 1. The van der Waals surface area contributed by atoms with Crippen LogP contribution < -0.4 is 5.32 Å². The number of halogens is 1. The summed E-state index contributed by atoms with van der Waals surface area (Å²) in [4.78, 5) is 4.50. The molecule has 1 heterocycles. The Bertz CT molecular complexity index is 1340. The van der Waals surface area contributed by atoms with Crippen molar-refractivity contribution in [1.82, 2.24) is 4.98 Å². The summed E-state index contributed by atoms with van der Waals surface area (Å²) in [6.07, 6.45) is 2.13.